The second-order valence-electron chi connectivity index (χ2n) is 4.64. The molecule has 4 heteroatoms. The van der Waals surface area contributed by atoms with Gasteiger partial charge >= 0.3 is 0 Å². The smallest absolute Gasteiger partial charge is 0.165 e. The van der Waals surface area contributed by atoms with Crippen molar-refractivity contribution in [2.24, 2.45) is 0 Å². The number of anilines is 1. The molecular weight excluding hydrogens is 227 g/mol. The van der Waals surface area contributed by atoms with Gasteiger partial charge in [0.2, 0.25) is 0 Å². The molecule has 2 atom stereocenters. The Morgan fingerprint density at radius 3 is 3.06 bits per heavy atom. The molecule has 0 aliphatic carbocycles. The third kappa shape index (κ3) is 1.35. The van der Waals surface area contributed by atoms with Crippen LogP contribution in [0.15, 0.2) is 12.1 Å². The lowest BCUT2D eigenvalue weighted by Gasteiger charge is -2.38. The lowest BCUT2D eigenvalue weighted by molar-refractivity contribution is 0.426. The molecular formula is C12H14ClFN2. The highest BCUT2D eigenvalue weighted by molar-refractivity contribution is 6.31. The minimum absolute atomic E-state index is 0.227. The first-order chi connectivity index (χ1) is 7.68. The van der Waals surface area contributed by atoms with Crippen LogP contribution in [-0.4, -0.2) is 25.2 Å². The molecule has 2 nitrogen and oxygen atoms in total. The summed E-state index contributed by atoms with van der Waals surface area (Å²) >= 11 is 5.85. The van der Waals surface area contributed by atoms with Crippen molar-refractivity contribution in [2.45, 2.75) is 25.4 Å². The number of hydrogen-bond acceptors (Lipinski definition) is 2. The van der Waals surface area contributed by atoms with Crippen molar-refractivity contribution in [3.63, 3.8) is 0 Å². The number of piperazine rings is 1. The molecule has 86 valence electrons. The van der Waals surface area contributed by atoms with E-state index >= 15 is 0 Å². The highest BCUT2D eigenvalue weighted by Crippen LogP contribution is 2.39. The molecule has 0 amide bonds. The Morgan fingerprint density at radius 1 is 1.44 bits per heavy atom. The Balaban J connectivity index is 2.11. The van der Waals surface area contributed by atoms with Gasteiger partial charge in [-0.1, -0.05) is 17.7 Å². The minimum atomic E-state index is -0.254. The van der Waals surface area contributed by atoms with Gasteiger partial charge < -0.3 is 10.2 Å². The van der Waals surface area contributed by atoms with Gasteiger partial charge in [-0.25, -0.2) is 4.39 Å². The van der Waals surface area contributed by atoms with Crippen molar-refractivity contribution in [3.05, 3.63) is 28.5 Å². The summed E-state index contributed by atoms with van der Waals surface area (Å²) in [6, 6.07) is 4.32. The Bertz CT molecular complexity index is 435. The first kappa shape index (κ1) is 10.4. The molecule has 1 aromatic rings. The van der Waals surface area contributed by atoms with Gasteiger partial charge in [0.1, 0.15) is 0 Å². The Labute approximate surface area is 99.4 Å². The zero-order valence-electron chi connectivity index (χ0n) is 9.13. The maximum atomic E-state index is 14.1. The molecule has 16 heavy (non-hydrogen) atoms. The van der Waals surface area contributed by atoms with Gasteiger partial charge in [0, 0.05) is 25.2 Å². The second-order valence-corrected chi connectivity index (χ2v) is 5.05. The van der Waals surface area contributed by atoms with E-state index < -0.39 is 0 Å². The summed E-state index contributed by atoms with van der Waals surface area (Å²) in [5, 5.41) is 3.60. The standard InChI is InChI=1S/C12H14ClFN2/c1-7-5-15-6-9-4-8-2-3-10(13)11(14)12(8)16(7)9/h2-3,7,9,15H,4-6H2,1H3/t7-,9-/m1/s1. The Hall–Kier alpha value is -0.800. The van der Waals surface area contributed by atoms with E-state index in [9.17, 15) is 4.39 Å². The van der Waals surface area contributed by atoms with Crippen LogP contribution in [0, 0.1) is 5.82 Å². The summed E-state index contributed by atoms with van der Waals surface area (Å²) in [4.78, 5) is 2.19. The molecule has 1 fully saturated rings. The molecule has 2 aliphatic rings. The summed E-state index contributed by atoms with van der Waals surface area (Å²) in [5.41, 5.74) is 1.81. The molecule has 1 aromatic carbocycles. The van der Waals surface area contributed by atoms with Gasteiger partial charge in [-0.3, -0.25) is 0 Å². The monoisotopic (exact) mass is 240 g/mol. The van der Waals surface area contributed by atoms with Crippen molar-refractivity contribution < 1.29 is 4.39 Å². The summed E-state index contributed by atoms with van der Waals surface area (Å²) in [6.45, 7) is 3.95. The molecule has 1 N–H and O–H groups in total. The Kier molecular flexibility index (Phi) is 2.33. The molecule has 3 rings (SSSR count). The van der Waals surface area contributed by atoms with Gasteiger partial charge in [-0.15, -0.1) is 0 Å². The lowest BCUT2D eigenvalue weighted by atomic mass is 10.1. The lowest BCUT2D eigenvalue weighted by Crippen LogP contribution is -2.55. The van der Waals surface area contributed by atoms with Crippen LogP contribution in [0.3, 0.4) is 0 Å². The first-order valence-electron chi connectivity index (χ1n) is 5.64. The van der Waals surface area contributed by atoms with Crippen LogP contribution in [0.2, 0.25) is 5.02 Å². The van der Waals surface area contributed by atoms with Gasteiger partial charge in [-0.2, -0.15) is 0 Å². The van der Waals surface area contributed by atoms with E-state index in [1.165, 1.54) is 0 Å². The summed E-state index contributed by atoms with van der Waals surface area (Å²) in [5.74, 6) is -0.254. The normalized spacial score (nSPS) is 27.8. The number of rotatable bonds is 0. The quantitative estimate of drug-likeness (QED) is 0.748. The van der Waals surface area contributed by atoms with Crippen LogP contribution in [0.25, 0.3) is 0 Å². The van der Waals surface area contributed by atoms with E-state index in [0.717, 1.165) is 30.8 Å². The van der Waals surface area contributed by atoms with Gasteiger partial charge in [0.05, 0.1) is 10.7 Å². The zero-order chi connectivity index (χ0) is 11.3. The maximum Gasteiger partial charge on any atom is 0.165 e. The minimum Gasteiger partial charge on any atom is -0.360 e. The van der Waals surface area contributed by atoms with Crippen molar-refractivity contribution in [2.75, 3.05) is 18.0 Å². The number of nitrogens with zero attached hydrogens (tertiary/aromatic N) is 1. The fourth-order valence-electron chi connectivity index (χ4n) is 2.87. The highest BCUT2D eigenvalue weighted by atomic mass is 35.5. The first-order valence-corrected chi connectivity index (χ1v) is 6.02. The summed E-state index contributed by atoms with van der Waals surface area (Å²) < 4.78 is 14.1. The van der Waals surface area contributed by atoms with Gasteiger partial charge in [-0.05, 0) is 25.0 Å². The van der Waals surface area contributed by atoms with Crippen LogP contribution >= 0.6 is 11.6 Å². The highest BCUT2D eigenvalue weighted by Gasteiger charge is 2.37. The number of nitrogens with one attached hydrogen (secondary N) is 1. The SMILES string of the molecule is C[C@@H]1CNC[C@H]2Cc3ccc(Cl)c(F)c3N21. The molecule has 0 aromatic heterocycles. The third-order valence-electron chi connectivity index (χ3n) is 3.55. The van der Waals surface area contributed by atoms with Gasteiger partial charge in [0.15, 0.2) is 5.82 Å². The van der Waals surface area contributed by atoms with Crippen LogP contribution in [-0.2, 0) is 6.42 Å². The molecule has 1 saturated heterocycles. The van der Waals surface area contributed by atoms with E-state index in [1.54, 1.807) is 6.07 Å². The molecule has 0 unspecified atom stereocenters. The van der Waals surface area contributed by atoms with E-state index in [0.29, 0.717) is 12.1 Å². The predicted molar refractivity (Wildman–Crippen MR) is 63.7 cm³/mol. The number of hydrogen-bond donors (Lipinski definition) is 1. The van der Waals surface area contributed by atoms with Crippen LogP contribution in [0.5, 0.6) is 0 Å². The molecule has 2 heterocycles. The topological polar surface area (TPSA) is 15.3 Å². The number of halogens is 2. The van der Waals surface area contributed by atoms with Crippen LogP contribution in [0.4, 0.5) is 10.1 Å². The summed E-state index contributed by atoms with van der Waals surface area (Å²) in [7, 11) is 0. The molecule has 0 radical (unpaired) electrons. The molecule has 0 spiro atoms. The predicted octanol–water partition coefficient (Wildman–Crippen LogP) is 2.20. The maximum absolute atomic E-state index is 14.1. The van der Waals surface area contributed by atoms with E-state index in [1.807, 2.05) is 6.07 Å². The number of fused-ring (bicyclic) bond motifs is 3. The van der Waals surface area contributed by atoms with Crippen LogP contribution in [0.1, 0.15) is 12.5 Å². The van der Waals surface area contributed by atoms with E-state index in [-0.39, 0.29) is 10.8 Å². The Morgan fingerprint density at radius 2 is 2.25 bits per heavy atom. The second kappa shape index (κ2) is 3.60. The fourth-order valence-corrected chi connectivity index (χ4v) is 3.02. The zero-order valence-corrected chi connectivity index (χ0v) is 9.89. The average Bonchev–Trinajstić information content (AvgIpc) is 2.64. The largest absolute Gasteiger partial charge is 0.360 e. The van der Waals surface area contributed by atoms with Crippen molar-refractivity contribution in [1.82, 2.24) is 5.32 Å². The molecule has 2 aliphatic heterocycles. The molecule has 0 bridgehead atoms. The van der Waals surface area contributed by atoms with Crippen molar-refractivity contribution in [1.29, 1.82) is 0 Å². The average molecular weight is 241 g/mol. The van der Waals surface area contributed by atoms with E-state index in [2.05, 4.69) is 17.1 Å². The van der Waals surface area contributed by atoms with Crippen molar-refractivity contribution >= 4 is 17.3 Å². The third-order valence-corrected chi connectivity index (χ3v) is 3.85. The summed E-state index contributed by atoms with van der Waals surface area (Å²) in [6.07, 6.45) is 0.917. The van der Waals surface area contributed by atoms with Gasteiger partial charge in [0.25, 0.3) is 0 Å². The number of benzene rings is 1. The molecule has 0 saturated carbocycles. The van der Waals surface area contributed by atoms with Crippen LogP contribution < -0.4 is 10.2 Å². The van der Waals surface area contributed by atoms with E-state index in [4.69, 9.17) is 11.6 Å². The fraction of sp³-hybridized carbons (Fsp3) is 0.500. The van der Waals surface area contributed by atoms with Crippen molar-refractivity contribution in [3.8, 4) is 0 Å².